The molecule has 2 saturated heterocycles. The van der Waals surface area contributed by atoms with Gasteiger partial charge in [-0.05, 0) is 43.0 Å². The predicted molar refractivity (Wildman–Crippen MR) is 100 cm³/mol. The number of imide groups is 1. The van der Waals surface area contributed by atoms with Crippen LogP contribution in [-0.2, 0) is 22.7 Å². The lowest BCUT2D eigenvalue weighted by molar-refractivity contribution is -0.136. The third-order valence-corrected chi connectivity index (χ3v) is 5.78. The molecule has 1 aromatic rings. The summed E-state index contributed by atoms with van der Waals surface area (Å²) in [4.78, 5) is 37.8. The number of piperidine rings is 2. The summed E-state index contributed by atoms with van der Waals surface area (Å²) < 4.78 is 14.6. The number of alkyl halides is 1. The van der Waals surface area contributed by atoms with E-state index in [1.165, 1.54) is 4.90 Å². The van der Waals surface area contributed by atoms with E-state index >= 15 is 0 Å². The molecule has 28 heavy (non-hydrogen) atoms. The second kappa shape index (κ2) is 7.60. The first-order chi connectivity index (χ1) is 13.5. The Labute approximate surface area is 163 Å². The smallest absolute Gasteiger partial charge is 0.255 e. The molecule has 3 amide bonds. The van der Waals surface area contributed by atoms with Crippen molar-refractivity contribution in [1.29, 1.82) is 0 Å². The van der Waals surface area contributed by atoms with Crippen molar-refractivity contribution in [2.24, 2.45) is 0 Å². The van der Waals surface area contributed by atoms with Crippen LogP contribution in [0.25, 0.3) is 0 Å². The van der Waals surface area contributed by atoms with Gasteiger partial charge in [0.2, 0.25) is 11.8 Å². The zero-order chi connectivity index (χ0) is 19.7. The zero-order valence-corrected chi connectivity index (χ0v) is 15.7. The lowest BCUT2D eigenvalue weighted by Gasteiger charge is -2.30. The van der Waals surface area contributed by atoms with Gasteiger partial charge >= 0.3 is 0 Å². The van der Waals surface area contributed by atoms with Crippen molar-refractivity contribution in [3.05, 3.63) is 34.9 Å². The molecule has 1 aromatic carbocycles. The maximum absolute atomic E-state index is 14.6. The minimum atomic E-state index is -1.23. The topological polar surface area (TPSA) is 90.5 Å². The Bertz CT molecular complexity index is 807. The molecule has 4 rings (SSSR count). The number of hydrogen-bond donors (Lipinski definition) is 3. The molecule has 8 heteroatoms. The van der Waals surface area contributed by atoms with E-state index in [0.717, 1.165) is 24.1 Å². The van der Waals surface area contributed by atoms with Crippen molar-refractivity contribution in [1.82, 2.24) is 20.9 Å². The van der Waals surface area contributed by atoms with Crippen molar-refractivity contribution in [2.45, 2.75) is 50.5 Å². The maximum Gasteiger partial charge on any atom is 0.255 e. The van der Waals surface area contributed by atoms with Gasteiger partial charge in [-0.15, -0.1) is 0 Å². The number of rotatable bonds is 5. The highest BCUT2D eigenvalue weighted by atomic mass is 19.1. The van der Waals surface area contributed by atoms with Crippen LogP contribution >= 0.6 is 0 Å². The van der Waals surface area contributed by atoms with E-state index in [-0.39, 0.29) is 24.8 Å². The number of halogens is 1. The van der Waals surface area contributed by atoms with Crippen LogP contribution in [0.5, 0.6) is 0 Å². The van der Waals surface area contributed by atoms with Crippen LogP contribution in [0.4, 0.5) is 4.39 Å². The first kappa shape index (κ1) is 19.0. The Balaban J connectivity index is 1.39. The minimum Gasteiger partial charge on any atom is -0.322 e. The van der Waals surface area contributed by atoms with E-state index < -0.39 is 17.6 Å². The molecule has 3 aliphatic rings. The summed E-state index contributed by atoms with van der Waals surface area (Å²) >= 11 is 0. The van der Waals surface area contributed by atoms with Gasteiger partial charge in [0.05, 0.1) is 0 Å². The van der Waals surface area contributed by atoms with Crippen LogP contribution in [0, 0.1) is 0 Å². The molecular weight excluding hydrogens is 363 g/mol. The molecule has 2 unspecified atom stereocenters. The number of nitrogens with one attached hydrogen (secondary N) is 3. The molecule has 0 aliphatic carbocycles. The van der Waals surface area contributed by atoms with E-state index in [9.17, 15) is 18.8 Å². The molecule has 2 atom stereocenters. The van der Waals surface area contributed by atoms with Gasteiger partial charge in [0.1, 0.15) is 11.7 Å². The lowest BCUT2D eigenvalue weighted by Crippen LogP contribution is -2.52. The summed E-state index contributed by atoms with van der Waals surface area (Å²) in [5.74, 6) is -0.893. The van der Waals surface area contributed by atoms with Gasteiger partial charge in [0.15, 0.2) is 0 Å². The fraction of sp³-hybridized carbons (Fsp3) is 0.550. The third kappa shape index (κ3) is 3.79. The molecule has 2 fully saturated rings. The molecule has 3 aliphatic heterocycles. The number of carbonyl (C=O) groups is 3. The van der Waals surface area contributed by atoms with E-state index in [1.54, 1.807) is 0 Å². The molecule has 3 N–H and O–H groups in total. The van der Waals surface area contributed by atoms with Crippen molar-refractivity contribution in [3.8, 4) is 0 Å². The second-order valence-electron chi connectivity index (χ2n) is 7.93. The Morgan fingerprint density at radius 3 is 2.89 bits per heavy atom. The fourth-order valence-electron chi connectivity index (χ4n) is 4.22. The number of hydrogen-bond acceptors (Lipinski definition) is 5. The molecule has 150 valence electrons. The second-order valence-corrected chi connectivity index (χ2v) is 7.93. The van der Waals surface area contributed by atoms with Gasteiger partial charge in [-0.2, -0.15) is 0 Å². The first-order valence-corrected chi connectivity index (χ1v) is 9.82. The van der Waals surface area contributed by atoms with Gasteiger partial charge in [0.25, 0.3) is 5.91 Å². The average molecular weight is 388 g/mol. The molecule has 0 spiro atoms. The summed E-state index contributed by atoms with van der Waals surface area (Å²) in [5.41, 5.74) is 1.13. The Morgan fingerprint density at radius 1 is 1.29 bits per heavy atom. The third-order valence-electron chi connectivity index (χ3n) is 5.78. The highest BCUT2D eigenvalue weighted by Crippen LogP contribution is 2.28. The van der Waals surface area contributed by atoms with Crippen molar-refractivity contribution < 1.29 is 18.8 Å². The van der Waals surface area contributed by atoms with E-state index in [0.29, 0.717) is 38.0 Å². The summed E-state index contributed by atoms with van der Waals surface area (Å²) in [6.07, 6.45) is 1.98. The molecule has 0 radical (unpaired) electrons. The highest BCUT2D eigenvalue weighted by molar-refractivity contribution is 6.05. The molecule has 7 nitrogen and oxygen atoms in total. The van der Waals surface area contributed by atoms with Gasteiger partial charge in [-0.3, -0.25) is 19.7 Å². The molecule has 0 saturated carbocycles. The number of amides is 3. The minimum absolute atomic E-state index is 0.190. The standard InChI is InChI=1S/C20H25FN4O3/c21-20(6-1-7-22-11-20)12-23-9-13-2-3-14-10-25(19(28)15(14)8-13)16-4-5-17(26)24-18(16)27/h2-3,8,16,22-23H,1,4-7,9-12H2,(H,24,26,27). The van der Waals surface area contributed by atoms with E-state index in [2.05, 4.69) is 16.0 Å². The average Bonchev–Trinajstić information content (AvgIpc) is 2.98. The Kier molecular flexibility index (Phi) is 5.16. The number of nitrogens with zero attached hydrogens (tertiary/aromatic N) is 1. The van der Waals surface area contributed by atoms with Gasteiger partial charge in [0, 0.05) is 38.2 Å². The summed E-state index contributed by atoms with van der Waals surface area (Å²) in [7, 11) is 0. The summed E-state index contributed by atoms with van der Waals surface area (Å²) in [6, 6.07) is 5.03. The van der Waals surface area contributed by atoms with Crippen LogP contribution in [0.1, 0.15) is 47.2 Å². The van der Waals surface area contributed by atoms with Crippen molar-refractivity contribution in [2.75, 3.05) is 19.6 Å². The van der Waals surface area contributed by atoms with Crippen molar-refractivity contribution >= 4 is 17.7 Å². The lowest BCUT2D eigenvalue weighted by atomic mass is 9.96. The monoisotopic (exact) mass is 388 g/mol. The maximum atomic E-state index is 14.6. The normalized spacial score (nSPS) is 27.7. The molecule has 3 heterocycles. The van der Waals surface area contributed by atoms with Gasteiger partial charge in [-0.1, -0.05) is 12.1 Å². The van der Waals surface area contributed by atoms with Gasteiger partial charge < -0.3 is 15.5 Å². The summed E-state index contributed by atoms with van der Waals surface area (Å²) in [6.45, 7) is 2.34. The van der Waals surface area contributed by atoms with E-state index in [4.69, 9.17) is 0 Å². The number of carbonyl (C=O) groups excluding carboxylic acids is 3. The van der Waals surface area contributed by atoms with Crippen LogP contribution in [-0.4, -0.2) is 54.0 Å². The predicted octanol–water partition coefficient (Wildman–Crippen LogP) is 0.629. The van der Waals surface area contributed by atoms with Crippen LogP contribution in [0.3, 0.4) is 0 Å². The van der Waals surface area contributed by atoms with Gasteiger partial charge in [-0.25, -0.2) is 4.39 Å². The van der Waals surface area contributed by atoms with Crippen LogP contribution < -0.4 is 16.0 Å². The SMILES string of the molecule is O=C1CCC(N2Cc3ccc(CNCC4(F)CCCNC4)cc3C2=O)C(=O)N1. The molecular formula is C20H25FN4O3. The number of benzene rings is 1. The quantitative estimate of drug-likeness (QED) is 0.644. The zero-order valence-electron chi connectivity index (χ0n) is 15.7. The Hall–Kier alpha value is -2.32. The Morgan fingerprint density at radius 2 is 2.14 bits per heavy atom. The largest absolute Gasteiger partial charge is 0.322 e. The molecule has 0 aromatic heterocycles. The fourth-order valence-corrected chi connectivity index (χ4v) is 4.22. The summed E-state index contributed by atoms with van der Waals surface area (Å²) in [5, 5.41) is 8.56. The van der Waals surface area contributed by atoms with Crippen LogP contribution in [0.15, 0.2) is 18.2 Å². The van der Waals surface area contributed by atoms with Crippen LogP contribution in [0.2, 0.25) is 0 Å². The number of fused-ring (bicyclic) bond motifs is 1. The molecule has 0 bridgehead atoms. The highest BCUT2D eigenvalue weighted by Gasteiger charge is 2.39. The van der Waals surface area contributed by atoms with E-state index in [1.807, 2.05) is 18.2 Å². The first-order valence-electron chi connectivity index (χ1n) is 9.82. The van der Waals surface area contributed by atoms with Crippen molar-refractivity contribution in [3.63, 3.8) is 0 Å².